The molecule has 3 aromatic rings. The van der Waals surface area contributed by atoms with Crippen molar-refractivity contribution >= 4 is 23.4 Å². The Morgan fingerprint density at radius 1 is 1.03 bits per heavy atom. The molecule has 35 heavy (non-hydrogen) atoms. The normalized spacial score (nSPS) is 20.0. The monoisotopic (exact) mass is 470 g/mol. The molecule has 3 heterocycles. The van der Waals surface area contributed by atoms with Gasteiger partial charge < -0.3 is 9.88 Å². The first-order valence-electron chi connectivity index (χ1n) is 12.4. The van der Waals surface area contributed by atoms with Gasteiger partial charge in [0, 0.05) is 24.2 Å². The molecule has 2 aliphatic heterocycles. The Bertz CT molecular complexity index is 1260. The van der Waals surface area contributed by atoms with E-state index < -0.39 is 5.41 Å². The predicted molar refractivity (Wildman–Crippen MR) is 134 cm³/mol. The van der Waals surface area contributed by atoms with Crippen molar-refractivity contribution in [3.05, 3.63) is 71.5 Å². The lowest BCUT2D eigenvalue weighted by Crippen LogP contribution is -2.51. The molecule has 3 amide bonds. The van der Waals surface area contributed by atoms with Gasteiger partial charge in [0.1, 0.15) is 11.5 Å². The SMILES string of the molecule is CCC1(c2ccc(NC(=O)c3nc(-c4ccccc4)n4c3CCCCC4)cc2)CCC(=O)NC1=O. The quantitative estimate of drug-likeness (QED) is 0.533. The average molecular weight is 471 g/mol. The van der Waals surface area contributed by atoms with Gasteiger partial charge in [0.05, 0.1) is 11.1 Å². The second kappa shape index (κ2) is 9.49. The van der Waals surface area contributed by atoms with Crippen molar-refractivity contribution in [2.24, 2.45) is 0 Å². The van der Waals surface area contributed by atoms with Crippen LogP contribution >= 0.6 is 0 Å². The second-order valence-corrected chi connectivity index (χ2v) is 9.40. The van der Waals surface area contributed by atoms with Crippen LogP contribution in [0.2, 0.25) is 0 Å². The first-order chi connectivity index (χ1) is 17.0. The lowest BCUT2D eigenvalue weighted by atomic mass is 9.72. The zero-order valence-electron chi connectivity index (χ0n) is 20.0. The van der Waals surface area contributed by atoms with Gasteiger partial charge in [0.2, 0.25) is 11.8 Å². The lowest BCUT2D eigenvalue weighted by molar-refractivity contribution is -0.138. The van der Waals surface area contributed by atoms with E-state index in [4.69, 9.17) is 4.98 Å². The van der Waals surface area contributed by atoms with E-state index in [1.807, 2.05) is 61.5 Å². The Hall–Kier alpha value is -3.74. The third kappa shape index (κ3) is 4.27. The van der Waals surface area contributed by atoms with Crippen LogP contribution in [0.15, 0.2) is 54.6 Å². The highest BCUT2D eigenvalue weighted by Gasteiger charge is 2.42. The molecule has 2 N–H and O–H groups in total. The predicted octanol–water partition coefficient (Wildman–Crippen LogP) is 4.61. The maximum atomic E-state index is 13.3. The molecule has 0 aliphatic carbocycles. The molecule has 1 saturated heterocycles. The van der Waals surface area contributed by atoms with Crippen molar-refractivity contribution < 1.29 is 14.4 Å². The van der Waals surface area contributed by atoms with Crippen molar-refractivity contribution in [1.29, 1.82) is 0 Å². The van der Waals surface area contributed by atoms with Gasteiger partial charge in [-0.1, -0.05) is 55.8 Å². The fourth-order valence-corrected chi connectivity index (χ4v) is 5.34. The first-order valence-corrected chi connectivity index (χ1v) is 12.4. The summed E-state index contributed by atoms with van der Waals surface area (Å²) in [6, 6.07) is 17.4. The van der Waals surface area contributed by atoms with E-state index in [2.05, 4.69) is 15.2 Å². The van der Waals surface area contributed by atoms with Gasteiger partial charge in [0.25, 0.3) is 5.91 Å². The van der Waals surface area contributed by atoms with E-state index in [9.17, 15) is 14.4 Å². The van der Waals surface area contributed by atoms with E-state index in [1.165, 1.54) is 0 Å². The number of carbonyl (C=O) groups excluding carboxylic acids is 3. The number of piperidine rings is 1. The Morgan fingerprint density at radius 2 is 1.80 bits per heavy atom. The zero-order valence-corrected chi connectivity index (χ0v) is 20.0. The van der Waals surface area contributed by atoms with Crippen LogP contribution in [0.3, 0.4) is 0 Å². The maximum Gasteiger partial charge on any atom is 0.276 e. The Balaban J connectivity index is 1.41. The molecule has 0 radical (unpaired) electrons. The molecule has 1 aromatic heterocycles. The maximum absolute atomic E-state index is 13.3. The van der Waals surface area contributed by atoms with E-state index >= 15 is 0 Å². The van der Waals surface area contributed by atoms with Crippen LogP contribution in [0, 0.1) is 0 Å². The smallest absolute Gasteiger partial charge is 0.276 e. The Labute approximate surface area is 205 Å². The number of aromatic nitrogens is 2. The molecule has 1 unspecified atom stereocenters. The number of hydrogen-bond donors (Lipinski definition) is 2. The van der Waals surface area contributed by atoms with E-state index in [0.29, 0.717) is 30.6 Å². The number of imidazole rings is 1. The largest absolute Gasteiger partial charge is 0.327 e. The standard InChI is InChI=1S/C28H30N4O3/c1-2-28(17-16-23(33)30-27(28)35)20-12-14-21(15-13-20)29-26(34)24-22-11-7-4-8-18-32(22)25(31-24)19-9-5-3-6-10-19/h3,5-6,9-10,12-15H,2,4,7-8,11,16-18H2,1H3,(H,29,34)(H,30,33,35). The number of imide groups is 1. The zero-order chi connectivity index (χ0) is 24.4. The summed E-state index contributed by atoms with van der Waals surface area (Å²) < 4.78 is 2.20. The highest BCUT2D eigenvalue weighted by atomic mass is 16.2. The van der Waals surface area contributed by atoms with Gasteiger partial charge in [-0.2, -0.15) is 0 Å². The van der Waals surface area contributed by atoms with Gasteiger partial charge in [-0.15, -0.1) is 0 Å². The third-order valence-electron chi connectivity index (χ3n) is 7.38. The van der Waals surface area contributed by atoms with Gasteiger partial charge >= 0.3 is 0 Å². The first kappa shape index (κ1) is 23.0. The molecular weight excluding hydrogens is 440 g/mol. The van der Waals surface area contributed by atoms with Crippen LogP contribution in [-0.2, 0) is 28.0 Å². The fraction of sp³-hybridized carbons (Fsp3) is 0.357. The molecular formula is C28H30N4O3. The van der Waals surface area contributed by atoms with Crippen LogP contribution < -0.4 is 10.6 Å². The van der Waals surface area contributed by atoms with Gasteiger partial charge in [0.15, 0.2) is 0 Å². The highest BCUT2D eigenvalue weighted by Crippen LogP contribution is 2.36. The molecule has 7 nitrogen and oxygen atoms in total. The van der Waals surface area contributed by atoms with Crippen molar-refractivity contribution in [2.75, 3.05) is 5.32 Å². The minimum atomic E-state index is -0.720. The summed E-state index contributed by atoms with van der Waals surface area (Å²) in [5, 5.41) is 5.48. The molecule has 2 aromatic carbocycles. The average Bonchev–Trinajstić information content (AvgIpc) is 3.06. The molecule has 1 fully saturated rings. The number of rotatable bonds is 5. The summed E-state index contributed by atoms with van der Waals surface area (Å²) in [7, 11) is 0. The van der Waals surface area contributed by atoms with Gasteiger partial charge in [-0.25, -0.2) is 4.98 Å². The molecule has 1 atom stereocenters. The minimum Gasteiger partial charge on any atom is -0.327 e. The number of carbonyl (C=O) groups is 3. The van der Waals surface area contributed by atoms with Crippen LogP contribution in [0.5, 0.6) is 0 Å². The molecule has 180 valence electrons. The van der Waals surface area contributed by atoms with Crippen molar-refractivity contribution in [1.82, 2.24) is 14.9 Å². The molecule has 0 saturated carbocycles. The summed E-state index contributed by atoms with van der Waals surface area (Å²) in [5.74, 6) is 0.141. The van der Waals surface area contributed by atoms with Crippen molar-refractivity contribution in [3.8, 4) is 11.4 Å². The summed E-state index contributed by atoms with van der Waals surface area (Å²) in [6.07, 6.45) is 5.49. The number of hydrogen-bond acceptors (Lipinski definition) is 4. The van der Waals surface area contributed by atoms with Crippen LogP contribution in [0.4, 0.5) is 5.69 Å². The number of nitrogens with one attached hydrogen (secondary N) is 2. The molecule has 0 bridgehead atoms. The van der Waals surface area contributed by atoms with Gasteiger partial charge in [-0.3, -0.25) is 19.7 Å². The molecule has 5 rings (SSSR count). The number of anilines is 1. The Morgan fingerprint density at radius 3 is 2.51 bits per heavy atom. The topological polar surface area (TPSA) is 93.1 Å². The number of nitrogens with zero attached hydrogens (tertiary/aromatic N) is 2. The molecule has 2 aliphatic rings. The second-order valence-electron chi connectivity index (χ2n) is 9.40. The van der Waals surface area contributed by atoms with Crippen molar-refractivity contribution in [3.63, 3.8) is 0 Å². The van der Waals surface area contributed by atoms with E-state index in [1.54, 1.807) is 0 Å². The number of fused-ring (bicyclic) bond motifs is 1. The summed E-state index contributed by atoms with van der Waals surface area (Å²) in [4.78, 5) is 42.5. The van der Waals surface area contributed by atoms with Gasteiger partial charge in [-0.05, 0) is 49.8 Å². The molecule has 0 spiro atoms. The summed E-state index contributed by atoms with van der Waals surface area (Å²) in [5.41, 5.74) is 3.25. The third-order valence-corrected chi connectivity index (χ3v) is 7.38. The summed E-state index contributed by atoms with van der Waals surface area (Å²) in [6.45, 7) is 2.82. The van der Waals surface area contributed by atoms with Crippen LogP contribution in [-0.4, -0.2) is 27.3 Å². The number of benzene rings is 2. The summed E-state index contributed by atoms with van der Waals surface area (Å²) >= 11 is 0. The van der Waals surface area contributed by atoms with Crippen LogP contribution in [0.25, 0.3) is 11.4 Å². The van der Waals surface area contributed by atoms with E-state index in [-0.39, 0.29) is 17.7 Å². The lowest BCUT2D eigenvalue weighted by Gasteiger charge is -2.35. The van der Waals surface area contributed by atoms with E-state index in [0.717, 1.165) is 54.9 Å². The Kier molecular flexibility index (Phi) is 6.24. The number of amides is 3. The van der Waals surface area contributed by atoms with Crippen LogP contribution in [0.1, 0.15) is 67.2 Å². The van der Waals surface area contributed by atoms with Crippen molar-refractivity contribution in [2.45, 2.75) is 63.8 Å². The highest BCUT2D eigenvalue weighted by molar-refractivity contribution is 6.05. The fourth-order valence-electron chi connectivity index (χ4n) is 5.34. The minimum absolute atomic E-state index is 0.225. The molecule has 7 heteroatoms.